The Hall–Kier alpha value is -3.83. The number of carbonyl (C=O) groups is 1. The number of morpholine rings is 1. The van der Waals surface area contributed by atoms with Gasteiger partial charge >= 0.3 is 0 Å². The van der Waals surface area contributed by atoms with Gasteiger partial charge in [-0.1, -0.05) is 0 Å². The Kier molecular flexibility index (Phi) is 6.94. The number of ether oxygens (including phenoxy) is 3. The summed E-state index contributed by atoms with van der Waals surface area (Å²) in [5.74, 6) is 1.51. The summed E-state index contributed by atoms with van der Waals surface area (Å²) >= 11 is 0. The minimum atomic E-state index is -0.501. The topological polar surface area (TPSA) is 102 Å². The molecule has 10 nitrogen and oxygen atoms in total. The van der Waals surface area contributed by atoms with Gasteiger partial charge in [0.25, 0.3) is 5.91 Å². The minimum absolute atomic E-state index is 0.138. The van der Waals surface area contributed by atoms with E-state index in [4.69, 9.17) is 14.2 Å². The van der Waals surface area contributed by atoms with Crippen LogP contribution in [0.5, 0.6) is 17.2 Å². The Morgan fingerprint density at radius 2 is 1.90 bits per heavy atom. The van der Waals surface area contributed by atoms with Crippen molar-refractivity contribution < 1.29 is 23.4 Å². The van der Waals surface area contributed by atoms with Gasteiger partial charge in [0.2, 0.25) is 0 Å². The number of fused-ring (bicyclic) bond motifs is 1. The molecule has 0 bridgehead atoms. The molecular formula is C31H35FN6O4. The molecule has 5 heterocycles. The molecule has 3 aliphatic heterocycles. The normalized spacial score (nSPS) is 23.1. The van der Waals surface area contributed by atoms with E-state index < -0.39 is 5.82 Å². The average molecular weight is 575 g/mol. The molecule has 3 aromatic rings. The second-order valence-corrected chi connectivity index (χ2v) is 12.1. The van der Waals surface area contributed by atoms with Gasteiger partial charge < -0.3 is 29.3 Å². The number of halogens is 1. The number of aromatic nitrogens is 3. The lowest BCUT2D eigenvalue weighted by Gasteiger charge is -2.59. The predicted molar refractivity (Wildman–Crippen MR) is 152 cm³/mol. The van der Waals surface area contributed by atoms with Gasteiger partial charge in [0.15, 0.2) is 11.6 Å². The first-order valence-corrected chi connectivity index (χ1v) is 14.7. The van der Waals surface area contributed by atoms with Crippen LogP contribution in [0.3, 0.4) is 0 Å². The standard InChI is InChI=1S/C31H35FN6O4/c1-19-14-40-15-20(2)38(19)30(39)23-9-21(32)3-4-26(23)42-28-13-34-18-36-29(28)37-16-31(17-37)10-22(11-31)41-27-6-8-35-25-5-7-33-12-24(25)27/h3-4,6,8-9,13,18-20,22,33H,5,7,10-12,14-17H2,1-2H3/t19-,20+. The van der Waals surface area contributed by atoms with Crippen LogP contribution in [-0.4, -0.2) is 76.8 Å². The number of nitrogens with one attached hydrogen (secondary N) is 1. The smallest absolute Gasteiger partial charge is 0.258 e. The molecule has 1 amide bonds. The summed E-state index contributed by atoms with van der Waals surface area (Å²) in [5.41, 5.74) is 2.65. The highest BCUT2D eigenvalue weighted by atomic mass is 19.1. The second kappa shape index (κ2) is 10.8. The van der Waals surface area contributed by atoms with Gasteiger partial charge in [-0.15, -0.1) is 0 Å². The zero-order valence-corrected chi connectivity index (χ0v) is 23.9. The first-order valence-electron chi connectivity index (χ1n) is 14.7. The van der Waals surface area contributed by atoms with Crippen LogP contribution in [0, 0.1) is 11.2 Å². The SMILES string of the molecule is C[C@@H]1COC[C@H](C)N1C(=O)c1cc(F)ccc1Oc1cncnc1N1CC2(CC(Oc3ccnc4c3CNCC4)C2)C1. The lowest BCUT2D eigenvalue weighted by Crippen LogP contribution is -2.65. The number of rotatable bonds is 6. The number of amides is 1. The van der Waals surface area contributed by atoms with E-state index in [1.165, 1.54) is 30.1 Å². The van der Waals surface area contributed by atoms with Crippen molar-refractivity contribution in [2.75, 3.05) is 37.7 Å². The molecule has 1 spiro atoms. The predicted octanol–water partition coefficient (Wildman–Crippen LogP) is 3.75. The van der Waals surface area contributed by atoms with E-state index in [9.17, 15) is 9.18 Å². The number of hydrogen-bond acceptors (Lipinski definition) is 9. The highest BCUT2D eigenvalue weighted by Gasteiger charge is 2.54. The van der Waals surface area contributed by atoms with Gasteiger partial charge in [-0.25, -0.2) is 14.4 Å². The molecule has 4 aliphatic rings. The van der Waals surface area contributed by atoms with E-state index in [0.29, 0.717) is 24.8 Å². The lowest BCUT2D eigenvalue weighted by atomic mass is 9.61. The Morgan fingerprint density at radius 1 is 1.10 bits per heavy atom. The maximum atomic E-state index is 14.4. The van der Waals surface area contributed by atoms with Crippen molar-refractivity contribution in [2.45, 2.75) is 57.8 Å². The second-order valence-electron chi connectivity index (χ2n) is 12.1. The van der Waals surface area contributed by atoms with Crippen molar-refractivity contribution in [1.82, 2.24) is 25.2 Å². The molecule has 7 rings (SSSR count). The van der Waals surface area contributed by atoms with Crippen molar-refractivity contribution in [2.24, 2.45) is 5.41 Å². The third kappa shape index (κ3) is 4.94. The Bertz CT molecular complexity index is 1480. The van der Waals surface area contributed by atoms with Crippen LogP contribution < -0.4 is 19.7 Å². The van der Waals surface area contributed by atoms with Crippen molar-refractivity contribution in [1.29, 1.82) is 0 Å². The van der Waals surface area contributed by atoms with E-state index >= 15 is 0 Å². The van der Waals surface area contributed by atoms with Crippen LogP contribution in [0.2, 0.25) is 0 Å². The molecule has 1 N–H and O–H groups in total. The molecule has 0 radical (unpaired) electrons. The van der Waals surface area contributed by atoms with E-state index in [1.54, 1.807) is 11.1 Å². The molecular weight excluding hydrogens is 539 g/mol. The zero-order valence-electron chi connectivity index (χ0n) is 23.9. The van der Waals surface area contributed by atoms with Crippen molar-refractivity contribution >= 4 is 11.7 Å². The average Bonchev–Trinajstić information content (AvgIpc) is 2.95. The summed E-state index contributed by atoms with van der Waals surface area (Å²) < 4.78 is 32.6. The Balaban J connectivity index is 1.03. The summed E-state index contributed by atoms with van der Waals surface area (Å²) in [6, 6.07) is 5.73. The fraction of sp³-hybridized carbons (Fsp3) is 0.484. The van der Waals surface area contributed by atoms with Crippen LogP contribution in [0.25, 0.3) is 0 Å². The van der Waals surface area contributed by atoms with E-state index in [-0.39, 0.29) is 40.8 Å². The summed E-state index contributed by atoms with van der Waals surface area (Å²) in [6.45, 7) is 8.12. The summed E-state index contributed by atoms with van der Waals surface area (Å²) in [5, 5.41) is 3.41. The summed E-state index contributed by atoms with van der Waals surface area (Å²) in [4.78, 5) is 30.7. The van der Waals surface area contributed by atoms with Crippen LogP contribution in [0.1, 0.15) is 48.3 Å². The summed E-state index contributed by atoms with van der Waals surface area (Å²) in [6.07, 6.45) is 7.99. The highest BCUT2D eigenvalue weighted by Crippen LogP contribution is 2.52. The van der Waals surface area contributed by atoms with Crippen molar-refractivity contribution in [3.05, 3.63) is 65.6 Å². The monoisotopic (exact) mass is 574 g/mol. The number of hydrogen-bond donors (Lipinski definition) is 1. The number of nitrogens with zero attached hydrogens (tertiary/aromatic N) is 5. The quantitative estimate of drug-likeness (QED) is 0.472. The molecule has 2 atom stereocenters. The van der Waals surface area contributed by atoms with Gasteiger partial charge in [-0.05, 0) is 51.0 Å². The van der Waals surface area contributed by atoms with Gasteiger partial charge in [-0.2, -0.15) is 0 Å². The number of benzene rings is 1. The van der Waals surface area contributed by atoms with E-state index in [2.05, 4.69) is 25.2 Å². The number of anilines is 1. The molecule has 42 heavy (non-hydrogen) atoms. The minimum Gasteiger partial charge on any atom is -0.490 e. The fourth-order valence-corrected chi connectivity index (χ4v) is 6.83. The first kappa shape index (κ1) is 27.0. The molecule has 1 aliphatic carbocycles. The molecule has 3 fully saturated rings. The Labute approximate surface area is 244 Å². The molecule has 0 unspecified atom stereocenters. The maximum Gasteiger partial charge on any atom is 0.258 e. The number of carbonyl (C=O) groups excluding carboxylic acids is 1. The summed E-state index contributed by atoms with van der Waals surface area (Å²) in [7, 11) is 0. The van der Waals surface area contributed by atoms with Gasteiger partial charge in [0.1, 0.15) is 29.7 Å². The van der Waals surface area contributed by atoms with Crippen LogP contribution in [0.15, 0.2) is 43.0 Å². The van der Waals surface area contributed by atoms with Gasteiger partial charge in [0, 0.05) is 55.5 Å². The lowest BCUT2D eigenvalue weighted by molar-refractivity contribution is -0.0349. The van der Waals surface area contributed by atoms with Gasteiger partial charge in [0.05, 0.1) is 37.1 Å². The van der Waals surface area contributed by atoms with Crippen molar-refractivity contribution in [3.63, 3.8) is 0 Å². The molecule has 1 aromatic carbocycles. The van der Waals surface area contributed by atoms with Crippen LogP contribution >= 0.6 is 0 Å². The third-order valence-corrected chi connectivity index (χ3v) is 8.86. The van der Waals surface area contributed by atoms with Crippen LogP contribution in [0.4, 0.5) is 10.2 Å². The molecule has 220 valence electrons. The molecule has 2 saturated heterocycles. The van der Waals surface area contributed by atoms with E-state index in [1.807, 2.05) is 26.1 Å². The maximum absolute atomic E-state index is 14.4. The molecule has 2 aromatic heterocycles. The molecule has 1 saturated carbocycles. The number of pyridine rings is 1. The first-order chi connectivity index (χ1) is 20.4. The van der Waals surface area contributed by atoms with E-state index in [0.717, 1.165) is 56.9 Å². The Morgan fingerprint density at radius 3 is 2.71 bits per heavy atom. The van der Waals surface area contributed by atoms with Crippen LogP contribution in [-0.2, 0) is 17.7 Å². The fourth-order valence-electron chi connectivity index (χ4n) is 6.83. The van der Waals surface area contributed by atoms with Gasteiger partial charge in [-0.3, -0.25) is 9.78 Å². The third-order valence-electron chi connectivity index (χ3n) is 8.86. The van der Waals surface area contributed by atoms with Crippen molar-refractivity contribution in [3.8, 4) is 17.2 Å². The largest absolute Gasteiger partial charge is 0.490 e. The zero-order chi connectivity index (χ0) is 28.8. The highest BCUT2D eigenvalue weighted by molar-refractivity contribution is 5.97. The molecule has 11 heteroatoms.